The number of guanidine groups is 1. The number of halogens is 2. The first-order chi connectivity index (χ1) is 7.05. The third-order valence-electron chi connectivity index (χ3n) is 3.15. The Labute approximate surface area is 88.1 Å². The molecule has 2 aliphatic rings. The summed E-state index contributed by atoms with van der Waals surface area (Å²) in [5.74, 6) is -2.02. The second kappa shape index (κ2) is 3.94. The smallest absolute Gasteiger partial charge is 0.248 e. The van der Waals surface area contributed by atoms with Crippen LogP contribution >= 0.6 is 0 Å². The van der Waals surface area contributed by atoms with Gasteiger partial charge in [0.1, 0.15) is 0 Å². The SMILES string of the molecule is NC(=NCC1CC(F)(F)C1)NC1CCC1. The van der Waals surface area contributed by atoms with Crippen LogP contribution in [-0.4, -0.2) is 24.5 Å². The lowest BCUT2D eigenvalue weighted by molar-refractivity contribution is -0.107. The summed E-state index contributed by atoms with van der Waals surface area (Å²) >= 11 is 0. The third kappa shape index (κ3) is 2.79. The fourth-order valence-electron chi connectivity index (χ4n) is 1.95. The molecule has 3 N–H and O–H groups in total. The molecule has 0 bridgehead atoms. The van der Waals surface area contributed by atoms with Crippen LogP contribution in [0.1, 0.15) is 32.1 Å². The Hall–Kier alpha value is -0.870. The van der Waals surface area contributed by atoms with E-state index in [1.165, 1.54) is 6.42 Å². The summed E-state index contributed by atoms with van der Waals surface area (Å²) < 4.78 is 25.0. The van der Waals surface area contributed by atoms with Crippen molar-refractivity contribution in [1.29, 1.82) is 0 Å². The zero-order valence-electron chi connectivity index (χ0n) is 8.68. The standard InChI is InChI=1S/C10H17F2N3/c11-10(12)4-7(5-10)6-14-9(13)15-8-2-1-3-8/h7-8H,1-6H2,(H3,13,14,15). The Morgan fingerprint density at radius 1 is 1.40 bits per heavy atom. The normalized spacial score (nSPS) is 26.9. The molecular weight excluding hydrogens is 200 g/mol. The maximum absolute atomic E-state index is 12.5. The Balaban J connectivity index is 1.65. The van der Waals surface area contributed by atoms with Gasteiger partial charge in [0.15, 0.2) is 5.96 Å². The van der Waals surface area contributed by atoms with Gasteiger partial charge in [-0.2, -0.15) is 0 Å². The van der Waals surface area contributed by atoms with Crippen molar-refractivity contribution >= 4 is 5.96 Å². The van der Waals surface area contributed by atoms with Crippen LogP contribution in [0.5, 0.6) is 0 Å². The van der Waals surface area contributed by atoms with E-state index in [4.69, 9.17) is 5.73 Å². The largest absolute Gasteiger partial charge is 0.370 e. The van der Waals surface area contributed by atoms with Gasteiger partial charge in [-0.1, -0.05) is 0 Å². The molecule has 0 aromatic rings. The van der Waals surface area contributed by atoms with Crippen LogP contribution in [0.25, 0.3) is 0 Å². The molecule has 3 nitrogen and oxygen atoms in total. The van der Waals surface area contributed by atoms with Gasteiger partial charge in [-0.25, -0.2) is 8.78 Å². The molecular formula is C10H17F2N3. The topological polar surface area (TPSA) is 50.4 Å². The number of aliphatic imine (C=N–C) groups is 1. The fraction of sp³-hybridized carbons (Fsp3) is 0.900. The molecule has 0 aliphatic heterocycles. The van der Waals surface area contributed by atoms with Crippen molar-refractivity contribution in [2.24, 2.45) is 16.6 Å². The highest BCUT2D eigenvalue weighted by Gasteiger charge is 2.44. The van der Waals surface area contributed by atoms with Crippen LogP contribution in [0.2, 0.25) is 0 Å². The van der Waals surface area contributed by atoms with Gasteiger partial charge in [-0.3, -0.25) is 4.99 Å². The van der Waals surface area contributed by atoms with Crippen LogP contribution in [0.15, 0.2) is 4.99 Å². The maximum Gasteiger partial charge on any atom is 0.248 e. The molecule has 0 saturated heterocycles. The Morgan fingerprint density at radius 3 is 2.53 bits per heavy atom. The molecule has 0 atom stereocenters. The lowest BCUT2D eigenvalue weighted by atomic mass is 9.81. The second-order valence-electron chi connectivity index (χ2n) is 4.63. The molecule has 2 saturated carbocycles. The van der Waals surface area contributed by atoms with Crippen molar-refractivity contribution in [3.8, 4) is 0 Å². The fourth-order valence-corrected chi connectivity index (χ4v) is 1.95. The molecule has 0 radical (unpaired) electrons. The number of nitrogens with one attached hydrogen (secondary N) is 1. The van der Waals surface area contributed by atoms with Gasteiger partial charge < -0.3 is 11.1 Å². The van der Waals surface area contributed by atoms with Crippen molar-refractivity contribution in [3.05, 3.63) is 0 Å². The van der Waals surface area contributed by atoms with Gasteiger partial charge >= 0.3 is 0 Å². The van der Waals surface area contributed by atoms with Crippen molar-refractivity contribution < 1.29 is 8.78 Å². The van der Waals surface area contributed by atoms with E-state index < -0.39 is 5.92 Å². The first-order valence-electron chi connectivity index (χ1n) is 5.49. The molecule has 2 aliphatic carbocycles. The van der Waals surface area contributed by atoms with Crippen molar-refractivity contribution in [3.63, 3.8) is 0 Å². The molecule has 86 valence electrons. The predicted octanol–water partition coefficient (Wildman–Crippen LogP) is 1.49. The highest BCUT2D eigenvalue weighted by atomic mass is 19.3. The van der Waals surface area contributed by atoms with E-state index in [9.17, 15) is 8.78 Å². The minimum atomic E-state index is -2.45. The highest BCUT2D eigenvalue weighted by Crippen LogP contribution is 2.42. The molecule has 0 aromatic heterocycles. The molecule has 0 unspecified atom stereocenters. The number of hydrogen-bond acceptors (Lipinski definition) is 1. The Bertz CT molecular complexity index is 253. The summed E-state index contributed by atoms with van der Waals surface area (Å²) in [6.45, 7) is 0.432. The summed E-state index contributed by atoms with van der Waals surface area (Å²) in [7, 11) is 0. The lowest BCUT2D eigenvalue weighted by Gasteiger charge is -2.34. The average Bonchev–Trinajstić information content (AvgIpc) is 2.04. The third-order valence-corrected chi connectivity index (χ3v) is 3.15. The van der Waals surface area contributed by atoms with Gasteiger partial charge in [0, 0.05) is 25.4 Å². The molecule has 0 spiro atoms. The summed E-state index contributed by atoms with van der Waals surface area (Å²) in [6, 6.07) is 0.455. The quantitative estimate of drug-likeness (QED) is 0.556. The zero-order chi connectivity index (χ0) is 10.9. The van der Waals surface area contributed by atoms with Crippen LogP contribution < -0.4 is 11.1 Å². The lowest BCUT2D eigenvalue weighted by Crippen LogP contribution is -2.44. The minimum absolute atomic E-state index is 0.0155. The van der Waals surface area contributed by atoms with Crippen LogP contribution in [0.3, 0.4) is 0 Å². The van der Waals surface area contributed by atoms with E-state index >= 15 is 0 Å². The first-order valence-corrected chi connectivity index (χ1v) is 5.49. The van der Waals surface area contributed by atoms with E-state index in [0.717, 1.165) is 12.8 Å². The number of nitrogens with two attached hydrogens (primary N) is 1. The van der Waals surface area contributed by atoms with Gasteiger partial charge in [-0.05, 0) is 25.2 Å². The minimum Gasteiger partial charge on any atom is -0.370 e. The number of alkyl halides is 2. The van der Waals surface area contributed by atoms with E-state index in [1.54, 1.807) is 0 Å². The summed E-state index contributed by atoms with van der Waals surface area (Å²) in [4.78, 5) is 4.08. The predicted molar refractivity (Wildman–Crippen MR) is 54.9 cm³/mol. The number of rotatable bonds is 3. The molecule has 15 heavy (non-hydrogen) atoms. The number of nitrogens with zero attached hydrogens (tertiary/aromatic N) is 1. The van der Waals surface area contributed by atoms with Gasteiger partial charge in [0.05, 0.1) is 0 Å². The van der Waals surface area contributed by atoms with Crippen molar-refractivity contribution in [2.45, 2.75) is 44.1 Å². The second-order valence-corrected chi connectivity index (χ2v) is 4.63. The van der Waals surface area contributed by atoms with Gasteiger partial charge in [0.2, 0.25) is 5.92 Å². The summed E-state index contributed by atoms with van der Waals surface area (Å²) in [5.41, 5.74) is 5.63. The molecule has 2 fully saturated rings. The van der Waals surface area contributed by atoms with E-state index in [0.29, 0.717) is 18.5 Å². The molecule has 0 heterocycles. The molecule has 2 rings (SSSR count). The maximum atomic E-state index is 12.5. The van der Waals surface area contributed by atoms with E-state index in [-0.39, 0.29) is 18.8 Å². The molecule has 5 heteroatoms. The van der Waals surface area contributed by atoms with Gasteiger partial charge in [-0.15, -0.1) is 0 Å². The summed E-state index contributed by atoms with van der Waals surface area (Å²) in [6.07, 6.45) is 3.44. The van der Waals surface area contributed by atoms with E-state index in [2.05, 4.69) is 10.3 Å². The van der Waals surface area contributed by atoms with Gasteiger partial charge in [0.25, 0.3) is 0 Å². The number of hydrogen-bond donors (Lipinski definition) is 2. The van der Waals surface area contributed by atoms with Crippen LogP contribution in [-0.2, 0) is 0 Å². The molecule has 0 aromatic carbocycles. The molecule has 0 amide bonds. The van der Waals surface area contributed by atoms with Crippen LogP contribution in [0.4, 0.5) is 8.78 Å². The van der Waals surface area contributed by atoms with Crippen molar-refractivity contribution in [2.75, 3.05) is 6.54 Å². The summed E-state index contributed by atoms with van der Waals surface area (Å²) in [5, 5.41) is 3.08. The monoisotopic (exact) mass is 217 g/mol. The van der Waals surface area contributed by atoms with E-state index in [1.807, 2.05) is 0 Å². The Kier molecular flexibility index (Phi) is 2.80. The zero-order valence-corrected chi connectivity index (χ0v) is 8.68. The van der Waals surface area contributed by atoms with Crippen LogP contribution in [0, 0.1) is 5.92 Å². The first kappa shape index (κ1) is 10.6. The average molecular weight is 217 g/mol. The Morgan fingerprint density at radius 2 is 2.07 bits per heavy atom. The van der Waals surface area contributed by atoms with Crippen molar-refractivity contribution in [1.82, 2.24) is 5.32 Å². The highest BCUT2D eigenvalue weighted by molar-refractivity contribution is 5.78.